The van der Waals surface area contributed by atoms with Crippen LogP contribution in [0.4, 0.5) is 11.5 Å². The number of fused-ring (bicyclic) bond motifs is 6. The van der Waals surface area contributed by atoms with E-state index in [1.165, 1.54) is 12.1 Å². The minimum absolute atomic E-state index is 0.00694. The van der Waals surface area contributed by atoms with Gasteiger partial charge in [0.2, 0.25) is 0 Å². The van der Waals surface area contributed by atoms with Crippen molar-refractivity contribution in [2.75, 3.05) is 18.1 Å². The molecule has 0 aliphatic carbocycles. The molecule has 1 aromatic carbocycles. The fourth-order valence-electron chi connectivity index (χ4n) is 6.37. The average molecular weight is 1190 g/mol. The van der Waals surface area contributed by atoms with Gasteiger partial charge < -0.3 is 31.2 Å². The van der Waals surface area contributed by atoms with Crippen molar-refractivity contribution >= 4 is 168 Å². The molecule has 360 valence electrons. The summed E-state index contributed by atoms with van der Waals surface area (Å²) >= 11 is 36.7. The number of hydrogen-bond donors (Lipinski definition) is 5. The number of nitrogens with one attached hydrogen (secondary N) is 1. The molecule has 0 fully saturated rings. The molecule has 0 bridgehead atoms. The summed E-state index contributed by atoms with van der Waals surface area (Å²) in [6, 6.07) is 34.2. The zero-order chi connectivity index (χ0) is 50.5. The summed E-state index contributed by atoms with van der Waals surface area (Å²) in [6.45, 7) is 8.26. The van der Waals surface area contributed by atoms with Crippen LogP contribution in [0.5, 0.6) is 0 Å². The highest BCUT2D eigenvalue weighted by Crippen LogP contribution is 2.32. The maximum atomic E-state index is 8.68. The number of aromatic nitrogens is 9. The highest BCUT2D eigenvalue weighted by atomic mass is 127. The predicted molar refractivity (Wildman–Crippen MR) is 300 cm³/mol. The summed E-state index contributed by atoms with van der Waals surface area (Å²) in [5.74, 6) is 0.605. The molecule has 9 aromatic heterocycles. The SMILES string of the molecule is C[Si](C)(C)CCOCn1c2ncccc2c2ccc(Cl)nc21.Clc1ccc2c(n1)[nH]c1ncccc12.Nc1ccccc1-c1ccc(Cl)nc1Cl.Nc1ncccc1I.OB(O)c1ccc(Cl)nc1Cl. The number of H-pyrrole nitrogens is 1. The monoisotopic (exact) mass is 1190 g/mol. The van der Waals surface area contributed by atoms with E-state index in [0.29, 0.717) is 38.8 Å². The molecule has 0 saturated heterocycles. The second-order valence-corrected chi connectivity index (χ2v) is 25.1. The number of nitrogens with zero attached hydrogens (tertiary/aromatic N) is 8. The Morgan fingerprint density at radius 1 is 0.600 bits per heavy atom. The Labute approximate surface area is 448 Å². The standard InChI is InChI=1S/C16H20ClN3OSi.C11H8Cl2N2.C10H6ClN3.C5H4BCl2NO2.C5H5IN2/c1-22(2,3)10-9-21-11-20-15-12(5-4-8-18-15)13-6-7-14(17)19-16(13)20;12-10-6-5-8(11(13)15-10)7-3-1-2-4-9(7)14;11-8-4-3-7-6-2-1-5-12-9(6)14-10(7)13-8;7-4-2-1-3(6(10)11)5(8)9-4;6-4-2-1-3-8-5(4)7/h4-8H,9-11H2,1-3H3;1-6H,14H2;1-5H,(H,12,13,14);1-2,10-11H;1-3H,(H2,7,8). The van der Waals surface area contributed by atoms with E-state index in [1.807, 2.05) is 83.4 Å². The Morgan fingerprint density at radius 2 is 1.17 bits per heavy atom. The second-order valence-electron chi connectivity index (χ2n) is 16.0. The van der Waals surface area contributed by atoms with Gasteiger partial charge in [0.15, 0.2) is 0 Å². The fraction of sp³-hybridized carbons (Fsp3) is 0.128. The number of nitrogens with two attached hydrogens (primary N) is 2. The maximum absolute atomic E-state index is 8.68. The second kappa shape index (κ2) is 25.5. The van der Waals surface area contributed by atoms with Crippen LogP contribution in [0.3, 0.4) is 0 Å². The molecule has 0 radical (unpaired) electrons. The molecule has 0 unspecified atom stereocenters. The highest BCUT2D eigenvalue weighted by Gasteiger charge is 2.17. The molecule has 7 N–H and O–H groups in total. The van der Waals surface area contributed by atoms with Crippen molar-refractivity contribution in [2.45, 2.75) is 32.4 Å². The van der Waals surface area contributed by atoms with Gasteiger partial charge in [0.1, 0.15) is 66.1 Å². The summed E-state index contributed by atoms with van der Waals surface area (Å²) in [5, 5.41) is 23.6. The number of anilines is 2. The minimum atomic E-state index is -1.60. The molecule has 0 saturated carbocycles. The number of para-hydroxylation sites is 1. The minimum Gasteiger partial charge on any atom is -0.423 e. The lowest BCUT2D eigenvalue weighted by Gasteiger charge is -2.15. The zero-order valence-corrected chi connectivity index (χ0v) is 45.2. The van der Waals surface area contributed by atoms with Gasteiger partial charge in [-0.2, -0.15) is 0 Å². The Bertz CT molecular complexity index is 3350. The van der Waals surface area contributed by atoms with Crippen LogP contribution in [0.2, 0.25) is 56.6 Å². The van der Waals surface area contributed by atoms with Crippen LogP contribution in [-0.2, 0) is 11.5 Å². The van der Waals surface area contributed by atoms with Gasteiger partial charge in [0.05, 0.1) is 3.57 Å². The third-order valence-electron chi connectivity index (χ3n) is 9.82. The number of rotatable bonds is 7. The van der Waals surface area contributed by atoms with Crippen LogP contribution in [0.1, 0.15) is 0 Å². The van der Waals surface area contributed by atoms with Crippen molar-refractivity contribution < 1.29 is 14.8 Å². The quantitative estimate of drug-likeness (QED) is 0.0332. The third kappa shape index (κ3) is 15.1. The molecule has 0 aliphatic heterocycles. The lowest BCUT2D eigenvalue weighted by Crippen LogP contribution is -2.31. The molecule has 0 atom stereocenters. The Kier molecular flexibility index (Phi) is 19.8. The van der Waals surface area contributed by atoms with E-state index in [9.17, 15) is 0 Å². The van der Waals surface area contributed by atoms with E-state index in [4.69, 9.17) is 95.9 Å². The van der Waals surface area contributed by atoms with E-state index in [-0.39, 0.29) is 15.8 Å². The normalized spacial score (nSPS) is 10.9. The number of nitrogen functional groups attached to an aromatic ring is 2. The number of benzene rings is 1. The number of aromatic amines is 1. The Hall–Kier alpha value is -4.90. The summed E-state index contributed by atoms with van der Waals surface area (Å²) in [7, 11) is -2.69. The van der Waals surface area contributed by atoms with E-state index in [0.717, 1.165) is 71.5 Å². The Balaban J connectivity index is 0.000000149. The number of ether oxygens (including phenoxy) is 1. The van der Waals surface area contributed by atoms with Gasteiger partial charge >= 0.3 is 7.12 Å². The smallest absolute Gasteiger partial charge is 0.423 e. The molecule has 23 heteroatoms. The molecule has 70 heavy (non-hydrogen) atoms. The molecule has 9 heterocycles. The first-order chi connectivity index (χ1) is 33.4. The van der Waals surface area contributed by atoms with Gasteiger partial charge in [0.25, 0.3) is 0 Å². The number of hydrogen-bond acceptors (Lipinski definition) is 12. The van der Waals surface area contributed by atoms with E-state index >= 15 is 0 Å². The molecule has 0 spiro atoms. The molecule has 0 amide bonds. The van der Waals surface area contributed by atoms with Gasteiger partial charge in [-0.15, -0.1) is 0 Å². The van der Waals surface area contributed by atoms with Crippen LogP contribution in [-0.4, -0.2) is 76.3 Å². The lowest BCUT2D eigenvalue weighted by atomic mass is 9.82. The number of halogens is 7. The number of pyridine rings is 7. The van der Waals surface area contributed by atoms with Crippen LogP contribution in [0.25, 0.3) is 55.3 Å². The molecular formula is C47H43BCl6IN11O3Si. The van der Waals surface area contributed by atoms with Gasteiger partial charge in [-0.1, -0.05) is 114 Å². The highest BCUT2D eigenvalue weighted by molar-refractivity contribution is 14.1. The largest absolute Gasteiger partial charge is 0.491 e. The molecule has 14 nitrogen and oxygen atoms in total. The van der Waals surface area contributed by atoms with Crippen molar-refractivity contribution in [3.05, 3.63) is 162 Å². The molecule has 10 rings (SSSR count). The van der Waals surface area contributed by atoms with Gasteiger partial charge in [-0.3, -0.25) is 4.57 Å². The first-order valence-electron chi connectivity index (χ1n) is 21.0. The summed E-state index contributed by atoms with van der Waals surface area (Å²) in [4.78, 5) is 31.9. The molecule has 0 aliphatic rings. The zero-order valence-electron chi connectivity index (χ0n) is 37.5. The van der Waals surface area contributed by atoms with Crippen molar-refractivity contribution in [3.8, 4) is 11.1 Å². The van der Waals surface area contributed by atoms with Crippen LogP contribution >= 0.6 is 92.2 Å². The van der Waals surface area contributed by atoms with Crippen LogP contribution < -0.4 is 16.9 Å². The van der Waals surface area contributed by atoms with Gasteiger partial charge in [-0.05, 0) is 114 Å². The van der Waals surface area contributed by atoms with E-state index in [2.05, 4.69) is 88.2 Å². The molecule has 10 aromatic rings. The van der Waals surface area contributed by atoms with Crippen molar-refractivity contribution in [2.24, 2.45) is 0 Å². The predicted octanol–water partition coefficient (Wildman–Crippen LogP) is 12.3. The summed E-state index contributed by atoms with van der Waals surface area (Å²) in [5.41, 5.74) is 17.1. The van der Waals surface area contributed by atoms with Gasteiger partial charge in [0, 0.05) is 77.1 Å². The van der Waals surface area contributed by atoms with E-state index < -0.39 is 15.2 Å². The fourth-order valence-corrected chi connectivity index (χ4v) is 8.65. The molecular weight excluding hydrogens is 1150 g/mol. The maximum Gasteiger partial charge on any atom is 0.491 e. The average Bonchev–Trinajstić information content (AvgIpc) is 3.84. The topological polar surface area (TPSA) is 213 Å². The summed E-state index contributed by atoms with van der Waals surface area (Å²) < 4.78 is 8.89. The van der Waals surface area contributed by atoms with Crippen molar-refractivity contribution in [1.82, 2.24) is 44.4 Å². The van der Waals surface area contributed by atoms with Crippen LogP contribution in [0, 0.1) is 3.57 Å². The first kappa shape index (κ1) is 54.4. The Morgan fingerprint density at radius 3 is 1.81 bits per heavy atom. The van der Waals surface area contributed by atoms with E-state index in [1.54, 1.807) is 30.7 Å². The lowest BCUT2D eigenvalue weighted by molar-refractivity contribution is 0.0922. The third-order valence-corrected chi connectivity index (χ3v) is 13.9. The van der Waals surface area contributed by atoms with Crippen LogP contribution in [0.15, 0.2) is 128 Å². The summed E-state index contributed by atoms with van der Waals surface area (Å²) in [6.07, 6.45) is 5.22. The van der Waals surface area contributed by atoms with Crippen molar-refractivity contribution in [1.29, 1.82) is 0 Å². The van der Waals surface area contributed by atoms with Crippen molar-refractivity contribution in [3.63, 3.8) is 0 Å². The first-order valence-corrected chi connectivity index (χ1v) is 28.0. The van der Waals surface area contributed by atoms with Gasteiger partial charge in [-0.25, -0.2) is 34.9 Å².